The van der Waals surface area contributed by atoms with Crippen LogP contribution in [0.3, 0.4) is 0 Å². The van der Waals surface area contributed by atoms with Gasteiger partial charge in [-0.1, -0.05) is 0 Å². The minimum Gasteiger partial charge on any atom is -0.464 e. The fraction of sp³-hybridized carbons (Fsp3) is 0.300. The number of nitrogens with zero attached hydrogens (tertiary/aromatic N) is 1. The lowest BCUT2D eigenvalue weighted by Crippen LogP contribution is -2.28. The summed E-state index contributed by atoms with van der Waals surface area (Å²) in [6, 6.07) is 4.62. The average molecular weight is 256 g/mol. The fourth-order valence-electron chi connectivity index (χ4n) is 1.88. The van der Waals surface area contributed by atoms with Crippen LogP contribution in [0.15, 0.2) is 23.1 Å². The number of sulfonamides is 1. The molecule has 1 aromatic carbocycles. The number of likely N-dealkylation sites (N-methyl/N-ethyl adjacent to an activating group) is 1. The van der Waals surface area contributed by atoms with E-state index < -0.39 is 16.1 Å². The molecule has 1 amide bonds. The second-order valence-electron chi connectivity index (χ2n) is 3.87. The van der Waals surface area contributed by atoms with Gasteiger partial charge in [-0.05, 0) is 30.2 Å². The topological polar surface area (TPSA) is 86.7 Å². The van der Waals surface area contributed by atoms with Crippen molar-refractivity contribution in [2.75, 3.05) is 18.5 Å². The first kappa shape index (κ1) is 11.7. The van der Waals surface area contributed by atoms with Crippen molar-refractivity contribution < 1.29 is 18.3 Å². The summed E-state index contributed by atoms with van der Waals surface area (Å²) in [6.07, 6.45) is -0.815. The maximum absolute atomic E-state index is 11.6. The molecule has 2 N–H and O–H groups in total. The third-order valence-electron chi connectivity index (χ3n) is 2.71. The summed E-state index contributed by atoms with van der Waals surface area (Å²) in [6.45, 7) is 0.838. The Morgan fingerprint density at radius 1 is 1.47 bits per heavy atom. The van der Waals surface area contributed by atoms with Crippen LogP contribution in [0.2, 0.25) is 0 Å². The molecule has 17 heavy (non-hydrogen) atoms. The van der Waals surface area contributed by atoms with E-state index in [1.807, 2.05) is 11.9 Å². The van der Waals surface area contributed by atoms with Crippen molar-refractivity contribution in [3.8, 4) is 0 Å². The maximum Gasteiger partial charge on any atom is 0.418 e. The number of rotatable bonds is 2. The van der Waals surface area contributed by atoms with Gasteiger partial charge < -0.3 is 10.0 Å². The van der Waals surface area contributed by atoms with Crippen molar-refractivity contribution in [2.24, 2.45) is 0 Å². The van der Waals surface area contributed by atoms with Crippen LogP contribution in [0.1, 0.15) is 5.56 Å². The van der Waals surface area contributed by atoms with Crippen LogP contribution in [0.5, 0.6) is 0 Å². The number of fused-ring (bicyclic) bond motifs is 1. The Hall–Kier alpha value is -1.76. The van der Waals surface area contributed by atoms with Gasteiger partial charge in [-0.25, -0.2) is 17.9 Å². The molecule has 6 nitrogen and oxygen atoms in total. The third kappa shape index (κ3) is 2.19. The summed E-state index contributed by atoms with van der Waals surface area (Å²) in [7, 11) is -2.04. The van der Waals surface area contributed by atoms with Gasteiger partial charge in [0.05, 0.1) is 4.90 Å². The van der Waals surface area contributed by atoms with Crippen molar-refractivity contribution in [3.63, 3.8) is 0 Å². The van der Waals surface area contributed by atoms with Gasteiger partial charge in [0, 0.05) is 19.3 Å². The number of hydrogen-bond acceptors (Lipinski definition) is 4. The van der Waals surface area contributed by atoms with Crippen LogP contribution < -0.4 is 9.62 Å². The number of nitrogens with one attached hydrogen (secondary N) is 1. The number of hydrogen-bond donors (Lipinski definition) is 2. The lowest BCUT2D eigenvalue weighted by Gasteiger charge is -2.12. The van der Waals surface area contributed by atoms with Gasteiger partial charge in [0.15, 0.2) is 0 Å². The second-order valence-corrected chi connectivity index (χ2v) is 5.56. The van der Waals surface area contributed by atoms with E-state index in [-0.39, 0.29) is 4.90 Å². The second kappa shape index (κ2) is 3.92. The third-order valence-corrected chi connectivity index (χ3v) is 4.03. The van der Waals surface area contributed by atoms with Gasteiger partial charge >= 0.3 is 6.09 Å². The van der Waals surface area contributed by atoms with E-state index >= 15 is 0 Å². The molecule has 0 fully saturated rings. The Kier molecular flexibility index (Phi) is 2.70. The van der Waals surface area contributed by atoms with E-state index in [2.05, 4.69) is 0 Å². The highest BCUT2D eigenvalue weighted by molar-refractivity contribution is 7.90. The molecule has 0 radical (unpaired) electrons. The average Bonchev–Trinajstić information content (AvgIpc) is 2.58. The van der Waals surface area contributed by atoms with Gasteiger partial charge in [-0.3, -0.25) is 0 Å². The van der Waals surface area contributed by atoms with Crippen LogP contribution >= 0.6 is 0 Å². The lowest BCUT2D eigenvalue weighted by molar-refractivity contribution is 0.201. The zero-order valence-electron chi connectivity index (χ0n) is 9.17. The molecule has 1 aliphatic rings. The highest BCUT2D eigenvalue weighted by atomic mass is 32.2. The molecule has 7 heteroatoms. The molecule has 0 aromatic heterocycles. The van der Waals surface area contributed by atoms with E-state index in [4.69, 9.17) is 5.11 Å². The largest absolute Gasteiger partial charge is 0.464 e. The van der Waals surface area contributed by atoms with Gasteiger partial charge in [-0.15, -0.1) is 0 Å². The van der Waals surface area contributed by atoms with Crippen molar-refractivity contribution in [1.82, 2.24) is 4.72 Å². The van der Waals surface area contributed by atoms with Gasteiger partial charge in [0.25, 0.3) is 10.0 Å². The van der Waals surface area contributed by atoms with Crippen LogP contribution in [0, 0.1) is 0 Å². The summed E-state index contributed by atoms with van der Waals surface area (Å²) in [5, 5.41) is 8.45. The Morgan fingerprint density at radius 3 is 2.82 bits per heavy atom. The number of benzene rings is 1. The number of amides is 1. The predicted octanol–water partition coefficient (Wildman–Crippen LogP) is 0.635. The zero-order chi connectivity index (χ0) is 12.6. The van der Waals surface area contributed by atoms with Gasteiger partial charge in [0.2, 0.25) is 0 Å². The molecule has 2 rings (SSSR count). The van der Waals surface area contributed by atoms with Crippen LogP contribution in [-0.4, -0.2) is 33.2 Å². The molecule has 0 atom stereocenters. The van der Waals surface area contributed by atoms with Gasteiger partial charge in [-0.2, -0.15) is 0 Å². The highest BCUT2D eigenvalue weighted by Gasteiger charge is 2.21. The van der Waals surface area contributed by atoms with Crippen molar-refractivity contribution in [1.29, 1.82) is 0 Å². The minimum atomic E-state index is -3.97. The maximum atomic E-state index is 11.6. The molecule has 1 aromatic rings. The van der Waals surface area contributed by atoms with E-state index in [1.165, 1.54) is 16.9 Å². The summed E-state index contributed by atoms with van der Waals surface area (Å²) in [5.74, 6) is 0. The van der Waals surface area contributed by atoms with Crippen molar-refractivity contribution in [3.05, 3.63) is 23.8 Å². The molecule has 0 spiro atoms. The summed E-state index contributed by atoms with van der Waals surface area (Å²) in [5.41, 5.74) is 1.90. The Morgan fingerprint density at radius 2 is 2.18 bits per heavy atom. The molecule has 92 valence electrons. The SMILES string of the molecule is CN1CCc2cc(S(=O)(=O)NC(=O)O)ccc21. The first-order valence-corrected chi connectivity index (χ1v) is 6.48. The summed E-state index contributed by atoms with van der Waals surface area (Å²) in [4.78, 5) is 12.4. The minimum absolute atomic E-state index is 0.0195. The molecular weight excluding hydrogens is 244 g/mol. The smallest absolute Gasteiger partial charge is 0.418 e. The monoisotopic (exact) mass is 256 g/mol. The van der Waals surface area contributed by atoms with Crippen LogP contribution in [0.25, 0.3) is 0 Å². The molecule has 1 heterocycles. The predicted molar refractivity (Wildman–Crippen MR) is 61.8 cm³/mol. The lowest BCUT2D eigenvalue weighted by atomic mass is 10.2. The molecule has 0 bridgehead atoms. The molecule has 0 unspecified atom stereocenters. The summed E-state index contributed by atoms with van der Waals surface area (Å²) >= 11 is 0. The first-order valence-electron chi connectivity index (χ1n) is 5.00. The van der Waals surface area contributed by atoms with Crippen molar-refractivity contribution in [2.45, 2.75) is 11.3 Å². The molecule has 1 aliphatic heterocycles. The quantitative estimate of drug-likeness (QED) is 0.810. The first-order chi connectivity index (χ1) is 7.90. The Bertz CT molecular complexity index is 568. The number of carbonyl (C=O) groups is 1. The van der Waals surface area contributed by atoms with Crippen LogP contribution in [-0.2, 0) is 16.4 Å². The number of anilines is 1. The molecule has 0 saturated heterocycles. The zero-order valence-corrected chi connectivity index (χ0v) is 9.99. The molecule has 0 aliphatic carbocycles. The van der Waals surface area contributed by atoms with E-state index in [0.717, 1.165) is 24.2 Å². The number of carboxylic acid groups (broad SMARTS) is 1. The van der Waals surface area contributed by atoms with E-state index in [0.29, 0.717) is 0 Å². The standard InChI is InChI=1S/C10H12N2O4S/c1-12-5-4-7-6-8(2-3-9(7)12)17(15,16)11-10(13)14/h2-3,6,11H,4-5H2,1H3,(H,13,14). The Labute approximate surface area is 98.9 Å². The summed E-state index contributed by atoms with van der Waals surface area (Å²) < 4.78 is 24.7. The van der Waals surface area contributed by atoms with E-state index in [9.17, 15) is 13.2 Å². The van der Waals surface area contributed by atoms with Crippen molar-refractivity contribution >= 4 is 21.8 Å². The normalized spacial score (nSPS) is 14.5. The Balaban J connectivity index is 2.39. The van der Waals surface area contributed by atoms with Gasteiger partial charge in [0.1, 0.15) is 0 Å². The molecular formula is C10H12N2O4S. The van der Waals surface area contributed by atoms with Crippen LogP contribution in [0.4, 0.5) is 10.5 Å². The highest BCUT2D eigenvalue weighted by Crippen LogP contribution is 2.28. The van der Waals surface area contributed by atoms with E-state index in [1.54, 1.807) is 6.07 Å². The molecule has 0 saturated carbocycles. The fourth-order valence-corrected chi connectivity index (χ4v) is 2.78.